The molecule has 0 unspecified atom stereocenters. The van der Waals surface area contributed by atoms with E-state index in [1.54, 1.807) is 6.07 Å². The standard InChI is InChI=1S/C36H44O4/c1-23-25-12-13-28-34(4,26(25)20-27(37)30(23)38)17-19-36(6)29-21-33(3,15-14-32(29,2)16-18-35(28,36)5)31(39)40-22-24-10-8-7-9-11-24/h7-13,20,29,37-38H,1,14-19,21-22H2,2-6H3/t29-,32-,33-,34+,35-,36+/m1/s1. The van der Waals surface area contributed by atoms with Gasteiger partial charge in [0.1, 0.15) is 6.61 Å². The summed E-state index contributed by atoms with van der Waals surface area (Å²) in [5, 5.41) is 22.4. The van der Waals surface area contributed by atoms with Crippen LogP contribution in [-0.4, -0.2) is 16.2 Å². The van der Waals surface area contributed by atoms with E-state index in [2.05, 4.69) is 53.3 Å². The first-order valence-electron chi connectivity index (χ1n) is 15.0. The van der Waals surface area contributed by atoms with Gasteiger partial charge in [-0.15, -0.1) is 0 Å². The fourth-order valence-electron chi connectivity index (χ4n) is 9.45. The maximum Gasteiger partial charge on any atom is 0.312 e. The third-order valence-electron chi connectivity index (χ3n) is 12.4. The van der Waals surface area contributed by atoms with Crippen LogP contribution < -0.4 is 10.4 Å². The molecule has 0 saturated heterocycles. The normalized spacial score (nSPS) is 38.0. The highest BCUT2D eigenvalue weighted by Crippen LogP contribution is 2.74. The molecule has 2 aromatic rings. The lowest BCUT2D eigenvalue weighted by Gasteiger charge is -2.69. The molecule has 0 spiro atoms. The van der Waals surface area contributed by atoms with Crippen LogP contribution in [-0.2, 0) is 21.6 Å². The number of aromatic hydroxyl groups is 2. The minimum Gasteiger partial charge on any atom is -0.504 e. The molecule has 4 aliphatic rings. The Labute approximate surface area is 238 Å². The number of carbonyl (C=O) groups excluding carboxylic acids is 1. The average molecular weight is 541 g/mol. The van der Waals surface area contributed by atoms with E-state index in [1.165, 1.54) is 5.57 Å². The van der Waals surface area contributed by atoms with E-state index in [9.17, 15) is 15.0 Å². The van der Waals surface area contributed by atoms with E-state index in [1.807, 2.05) is 30.3 Å². The largest absolute Gasteiger partial charge is 0.504 e. The van der Waals surface area contributed by atoms with Crippen LogP contribution in [0.4, 0.5) is 0 Å². The molecule has 2 aromatic carbocycles. The molecule has 0 aliphatic heterocycles. The van der Waals surface area contributed by atoms with Crippen molar-refractivity contribution in [3.8, 4) is 11.5 Å². The van der Waals surface area contributed by atoms with Gasteiger partial charge in [-0.1, -0.05) is 82.3 Å². The monoisotopic (exact) mass is 540 g/mol. The fraction of sp³-hybridized carbons (Fsp3) is 0.528. The number of allylic oxidation sites excluding steroid dienone is 2. The fourth-order valence-corrected chi connectivity index (χ4v) is 9.45. The molecular formula is C36H44O4. The van der Waals surface area contributed by atoms with Gasteiger partial charge in [0.25, 0.3) is 0 Å². The summed E-state index contributed by atoms with van der Waals surface area (Å²) in [6.07, 6.45) is 11.4. The number of phenols is 2. The molecule has 2 N–H and O–H groups in total. The van der Waals surface area contributed by atoms with Gasteiger partial charge in [0, 0.05) is 10.6 Å². The Balaban J connectivity index is 1.36. The number of esters is 1. The number of ether oxygens (including phenoxy) is 1. The zero-order chi connectivity index (χ0) is 28.7. The van der Waals surface area contributed by atoms with Crippen LogP contribution in [0.3, 0.4) is 0 Å². The molecule has 0 radical (unpaired) electrons. The van der Waals surface area contributed by atoms with Gasteiger partial charge in [0.15, 0.2) is 11.5 Å². The zero-order valence-corrected chi connectivity index (χ0v) is 24.8. The summed E-state index contributed by atoms with van der Waals surface area (Å²) in [6, 6.07) is 11.7. The number of carbonyl (C=O) groups is 1. The smallest absolute Gasteiger partial charge is 0.312 e. The topological polar surface area (TPSA) is 66.8 Å². The Morgan fingerprint density at radius 2 is 1.65 bits per heavy atom. The first kappa shape index (κ1) is 27.2. The van der Waals surface area contributed by atoms with Crippen LogP contribution in [0.5, 0.6) is 11.5 Å². The molecule has 0 aromatic heterocycles. The van der Waals surface area contributed by atoms with Gasteiger partial charge in [-0.25, -0.2) is 0 Å². The van der Waals surface area contributed by atoms with Crippen molar-refractivity contribution in [2.75, 3.05) is 0 Å². The van der Waals surface area contributed by atoms with E-state index in [0.717, 1.165) is 61.3 Å². The number of benzene rings is 2. The van der Waals surface area contributed by atoms with E-state index >= 15 is 0 Å². The summed E-state index contributed by atoms with van der Waals surface area (Å²) < 4.78 is 5.94. The van der Waals surface area contributed by atoms with Gasteiger partial charge in [0.2, 0.25) is 0 Å². The number of hydrogen-bond acceptors (Lipinski definition) is 4. The predicted octanol–water partition coefficient (Wildman–Crippen LogP) is 6.64. The van der Waals surface area contributed by atoms with Crippen molar-refractivity contribution in [3.63, 3.8) is 0 Å². The van der Waals surface area contributed by atoms with Gasteiger partial charge >= 0.3 is 5.97 Å². The zero-order valence-electron chi connectivity index (χ0n) is 24.8. The molecule has 3 saturated carbocycles. The average Bonchev–Trinajstić information content (AvgIpc) is 2.94. The second kappa shape index (κ2) is 8.74. The van der Waals surface area contributed by atoms with Gasteiger partial charge < -0.3 is 14.9 Å². The maximum atomic E-state index is 13.6. The van der Waals surface area contributed by atoms with E-state index in [0.29, 0.717) is 17.7 Å². The molecule has 0 bridgehead atoms. The molecule has 212 valence electrons. The van der Waals surface area contributed by atoms with Gasteiger partial charge in [0.05, 0.1) is 5.41 Å². The molecule has 0 heterocycles. The molecule has 6 atom stereocenters. The summed E-state index contributed by atoms with van der Waals surface area (Å²) >= 11 is 0. The quantitative estimate of drug-likeness (QED) is 0.338. The first-order chi connectivity index (χ1) is 18.8. The lowest BCUT2D eigenvalue weighted by molar-refractivity contribution is -0.182. The summed E-state index contributed by atoms with van der Waals surface area (Å²) in [5.74, 6) is 0.111. The summed E-state index contributed by atoms with van der Waals surface area (Å²) in [5.41, 5.74) is 2.94. The summed E-state index contributed by atoms with van der Waals surface area (Å²) in [4.78, 5) is 13.6. The Bertz CT molecular complexity index is 1520. The van der Waals surface area contributed by atoms with Gasteiger partial charge in [-0.2, -0.15) is 0 Å². The molecule has 4 nitrogen and oxygen atoms in total. The van der Waals surface area contributed by atoms with Crippen molar-refractivity contribution in [1.82, 2.24) is 0 Å². The Kier molecular flexibility index (Phi) is 5.94. The SMILES string of the molecule is C=c1c(O)c(O)cc2c1=CC=C1[C@@]2(C)CC[C@@]2(C)[C@@H]3C[C@](C)(C(=O)OCc4ccccc4)CC[C@]3(C)CC[C@]12C. The molecule has 6 rings (SSSR count). The highest BCUT2D eigenvalue weighted by Gasteiger charge is 2.67. The molecule has 4 heteroatoms. The Morgan fingerprint density at radius 3 is 2.38 bits per heavy atom. The molecule has 40 heavy (non-hydrogen) atoms. The third kappa shape index (κ3) is 3.60. The number of phenolic OH excluding ortho intramolecular Hbond substituents is 2. The van der Waals surface area contributed by atoms with Crippen molar-refractivity contribution in [1.29, 1.82) is 0 Å². The second-order valence-corrected chi connectivity index (χ2v) is 14.5. The maximum absolute atomic E-state index is 13.6. The minimum atomic E-state index is -0.493. The van der Waals surface area contributed by atoms with Crippen molar-refractivity contribution >= 4 is 18.6 Å². The Hall–Kier alpha value is -3.01. The number of fused-ring (bicyclic) bond motifs is 7. The van der Waals surface area contributed by atoms with Crippen LogP contribution in [0.2, 0.25) is 0 Å². The lowest BCUT2D eigenvalue weighted by Crippen LogP contribution is -2.63. The van der Waals surface area contributed by atoms with Crippen molar-refractivity contribution in [2.45, 2.75) is 91.6 Å². The van der Waals surface area contributed by atoms with E-state index in [4.69, 9.17) is 4.74 Å². The highest BCUT2D eigenvalue weighted by atomic mass is 16.5. The Morgan fingerprint density at radius 1 is 0.950 bits per heavy atom. The molecule has 4 aliphatic carbocycles. The van der Waals surface area contributed by atoms with Crippen LogP contribution in [0.1, 0.15) is 90.7 Å². The summed E-state index contributed by atoms with van der Waals surface area (Å²) in [6.45, 7) is 16.3. The summed E-state index contributed by atoms with van der Waals surface area (Å²) in [7, 11) is 0. The van der Waals surface area contributed by atoms with E-state index in [-0.39, 0.29) is 39.1 Å². The van der Waals surface area contributed by atoms with Crippen LogP contribution in [0.15, 0.2) is 48.0 Å². The van der Waals surface area contributed by atoms with E-state index < -0.39 is 5.41 Å². The van der Waals surface area contributed by atoms with Crippen LogP contribution in [0, 0.1) is 27.6 Å². The van der Waals surface area contributed by atoms with Crippen molar-refractivity contribution < 1.29 is 19.7 Å². The number of hydrogen-bond donors (Lipinski definition) is 2. The van der Waals surface area contributed by atoms with Crippen molar-refractivity contribution in [3.05, 3.63) is 69.6 Å². The van der Waals surface area contributed by atoms with Crippen molar-refractivity contribution in [2.24, 2.45) is 27.6 Å². The predicted molar refractivity (Wildman–Crippen MR) is 159 cm³/mol. The lowest BCUT2D eigenvalue weighted by atomic mass is 9.35. The number of rotatable bonds is 3. The highest BCUT2D eigenvalue weighted by molar-refractivity contribution is 5.76. The van der Waals surface area contributed by atoms with Gasteiger partial charge in [-0.05, 0) is 96.4 Å². The molecule has 0 amide bonds. The third-order valence-corrected chi connectivity index (χ3v) is 12.4. The first-order valence-corrected chi connectivity index (χ1v) is 15.0. The molecule has 3 fully saturated rings. The van der Waals surface area contributed by atoms with Crippen LogP contribution in [0.25, 0.3) is 12.7 Å². The van der Waals surface area contributed by atoms with Crippen LogP contribution >= 0.6 is 0 Å². The minimum absolute atomic E-state index is 0.0182. The second-order valence-electron chi connectivity index (χ2n) is 14.5. The van der Waals surface area contributed by atoms with Gasteiger partial charge in [-0.3, -0.25) is 4.79 Å². The molecular weight excluding hydrogens is 496 g/mol.